The van der Waals surface area contributed by atoms with Crippen LogP contribution in [-0.2, 0) is 12.8 Å². The fourth-order valence-corrected chi connectivity index (χ4v) is 3.60. The van der Waals surface area contributed by atoms with Gasteiger partial charge in [-0.05, 0) is 54.7 Å². The van der Waals surface area contributed by atoms with Crippen LogP contribution in [0.5, 0.6) is 5.75 Å². The highest BCUT2D eigenvalue weighted by molar-refractivity contribution is 7.40. The first kappa shape index (κ1) is 23.4. The van der Waals surface area contributed by atoms with Crippen LogP contribution in [0, 0.1) is 11.8 Å². The Hall–Kier alpha value is -0.660. The van der Waals surface area contributed by atoms with Crippen molar-refractivity contribution in [3.05, 3.63) is 29.3 Å². The summed E-state index contributed by atoms with van der Waals surface area (Å²) in [4.78, 5) is 8.99. The van der Waals surface area contributed by atoms with E-state index in [1.54, 1.807) is 0 Å². The van der Waals surface area contributed by atoms with Gasteiger partial charge in [0.25, 0.3) is 0 Å². The summed E-state index contributed by atoms with van der Waals surface area (Å²) in [5, 5.41) is 0. The third-order valence-corrected chi connectivity index (χ3v) is 5.12. The van der Waals surface area contributed by atoms with Crippen LogP contribution in [0.2, 0.25) is 0 Å². The van der Waals surface area contributed by atoms with Crippen molar-refractivity contribution in [3.63, 3.8) is 0 Å². The van der Waals surface area contributed by atoms with Gasteiger partial charge in [0.2, 0.25) is 0 Å². The van der Waals surface area contributed by atoms with E-state index in [2.05, 4.69) is 33.8 Å². The SMILES string of the molecule is CC(C)CCCCCc1ccc(OP(O)F)c(CCCCCC(C)C)c1. The molecule has 1 aromatic carbocycles. The minimum atomic E-state index is -2.86. The van der Waals surface area contributed by atoms with Gasteiger partial charge in [-0.3, -0.25) is 0 Å². The molecule has 1 N–H and O–H groups in total. The molecule has 1 atom stereocenters. The molecule has 0 heterocycles. The summed E-state index contributed by atoms with van der Waals surface area (Å²) in [5.74, 6) is 2.04. The molecule has 0 fully saturated rings. The summed E-state index contributed by atoms with van der Waals surface area (Å²) in [5.41, 5.74) is 2.33. The van der Waals surface area contributed by atoms with Crippen LogP contribution in [0.25, 0.3) is 0 Å². The first-order valence-corrected chi connectivity index (χ1v) is 11.4. The number of unbranched alkanes of at least 4 members (excludes halogenated alkanes) is 4. The Morgan fingerprint density at radius 3 is 2.00 bits per heavy atom. The Balaban J connectivity index is 2.53. The van der Waals surface area contributed by atoms with E-state index in [9.17, 15) is 4.20 Å². The van der Waals surface area contributed by atoms with Gasteiger partial charge in [-0.1, -0.05) is 78.4 Å². The zero-order valence-electron chi connectivity index (χ0n) is 17.1. The largest absolute Gasteiger partial charge is 0.436 e. The number of hydrogen-bond donors (Lipinski definition) is 1. The van der Waals surface area contributed by atoms with Crippen molar-refractivity contribution in [3.8, 4) is 5.75 Å². The number of halogens is 1. The molecule has 0 aromatic heterocycles. The molecule has 0 bridgehead atoms. The van der Waals surface area contributed by atoms with E-state index in [4.69, 9.17) is 9.42 Å². The van der Waals surface area contributed by atoms with Crippen molar-refractivity contribution < 1.29 is 13.6 Å². The highest BCUT2D eigenvalue weighted by Gasteiger charge is 2.11. The van der Waals surface area contributed by atoms with Crippen molar-refractivity contribution >= 4 is 8.69 Å². The molecule has 0 radical (unpaired) electrons. The van der Waals surface area contributed by atoms with Gasteiger partial charge in [-0.2, -0.15) is 0 Å². The summed E-state index contributed by atoms with van der Waals surface area (Å²) < 4.78 is 18.0. The number of hydrogen-bond acceptors (Lipinski definition) is 2. The lowest BCUT2D eigenvalue weighted by molar-refractivity contribution is 0.430. The fraction of sp³-hybridized carbons (Fsp3) is 0.727. The van der Waals surface area contributed by atoms with E-state index in [1.807, 2.05) is 12.1 Å². The topological polar surface area (TPSA) is 29.5 Å². The summed E-state index contributed by atoms with van der Waals surface area (Å²) >= 11 is 0. The number of aryl methyl sites for hydroxylation is 2. The van der Waals surface area contributed by atoms with E-state index in [0.29, 0.717) is 5.75 Å². The van der Waals surface area contributed by atoms with Crippen molar-refractivity contribution in [2.75, 3.05) is 0 Å². The smallest absolute Gasteiger partial charge is 0.424 e. The van der Waals surface area contributed by atoms with Gasteiger partial charge < -0.3 is 9.42 Å². The average Bonchev–Trinajstić information content (AvgIpc) is 2.55. The second-order valence-corrected chi connectivity index (χ2v) is 8.88. The molecular weight excluding hydrogens is 346 g/mol. The second kappa shape index (κ2) is 13.5. The van der Waals surface area contributed by atoms with Gasteiger partial charge in [0.1, 0.15) is 5.75 Å². The molecule has 2 nitrogen and oxygen atoms in total. The van der Waals surface area contributed by atoms with E-state index >= 15 is 0 Å². The summed E-state index contributed by atoms with van der Waals surface area (Å²) in [6.45, 7) is 9.04. The third kappa shape index (κ3) is 11.1. The van der Waals surface area contributed by atoms with Gasteiger partial charge in [0.05, 0.1) is 0 Å². The predicted molar refractivity (Wildman–Crippen MR) is 111 cm³/mol. The Morgan fingerprint density at radius 1 is 0.885 bits per heavy atom. The van der Waals surface area contributed by atoms with Crippen LogP contribution in [0.1, 0.15) is 90.2 Å². The Morgan fingerprint density at radius 2 is 1.46 bits per heavy atom. The lowest BCUT2D eigenvalue weighted by Gasteiger charge is -2.13. The van der Waals surface area contributed by atoms with Crippen LogP contribution in [0.15, 0.2) is 18.2 Å². The molecule has 1 aromatic rings. The van der Waals surface area contributed by atoms with Crippen LogP contribution in [0.3, 0.4) is 0 Å². The monoisotopic (exact) mass is 384 g/mol. The van der Waals surface area contributed by atoms with Crippen molar-refractivity contribution in [1.82, 2.24) is 0 Å². The number of benzene rings is 1. The Kier molecular flexibility index (Phi) is 12.1. The summed E-state index contributed by atoms with van der Waals surface area (Å²) in [6.07, 6.45) is 11.7. The molecule has 1 unspecified atom stereocenters. The molecule has 0 spiro atoms. The minimum absolute atomic E-state index is 0.508. The summed E-state index contributed by atoms with van der Waals surface area (Å²) in [7, 11) is -2.86. The van der Waals surface area contributed by atoms with Crippen LogP contribution < -0.4 is 4.52 Å². The first-order valence-electron chi connectivity index (χ1n) is 10.3. The molecule has 1 rings (SSSR count). The molecular formula is C22H38FO2P. The van der Waals surface area contributed by atoms with Crippen molar-refractivity contribution in [2.45, 2.75) is 91.9 Å². The Labute approximate surface area is 161 Å². The zero-order valence-corrected chi connectivity index (χ0v) is 18.0. The van der Waals surface area contributed by atoms with Crippen LogP contribution in [-0.4, -0.2) is 4.89 Å². The lowest BCUT2D eigenvalue weighted by atomic mass is 9.98. The minimum Gasteiger partial charge on any atom is -0.424 e. The number of rotatable bonds is 14. The molecule has 0 aliphatic rings. The predicted octanol–water partition coefficient (Wildman–Crippen LogP) is 7.77. The maximum Gasteiger partial charge on any atom is 0.436 e. The van der Waals surface area contributed by atoms with Gasteiger partial charge in [-0.15, -0.1) is 4.20 Å². The normalized spacial score (nSPS) is 12.8. The highest BCUT2D eigenvalue weighted by Crippen LogP contribution is 2.37. The van der Waals surface area contributed by atoms with E-state index < -0.39 is 8.69 Å². The highest BCUT2D eigenvalue weighted by atomic mass is 31.2. The van der Waals surface area contributed by atoms with Crippen molar-refractivity contribution in [1.29, 1.82) is 0 Å². The maximum atomic E-state index is 13.0. The fourth-order valence-electron chi connectivity index (χ4n) is 3.26. The van der Waals surface area contributed by atoms with Crippen LogP contribution in [0.4, 0.5) is 4.20 Å². The van der Waals surface area contributed by atoms with E-state index in [0.717, 1.165) is 36.7 Å². The molecule has 0 amide bonds. The zero-order chi connectivity index (χ0) is 19.4. The third-order valence-electron chi connectivity index (χ3n) is 4.77. The second-order valence-electron chi connectivity index (χ2n) is 8.25. The first-order chi connectivity index (χ1) is 12.4. The van der Waals surface area contributed by atoms with Gasteiger partial charge in [0, 0.05) is 0 Å². The van der Waals surface area contributed by atoms with Gasteiger partial charge in [0.15, 0.2) is 0 Å². The van der Waals surface area contributed by atoms with Gasteiger partial charge in [-0.25, -0.2) is 0 Å². The molecule has 150 valence electrons. The molecule has 4 heteroatoms. The quantitative estimate of drug-likeness (QED) is 0.262. The summed E-state index contributed by atoms with van der Waals surface area (Å²) in [6, 6.07) is 6.00. The molecule has 0 saturated carbocycles. The van der Waals surface area contributed by atoms with E-state index in [1.165, 1.54) is 50.5 Å². The van der Waals surface area contributed by atoms with Crippen molar-refractivity contribution in [2.24, 2.45) is 11.8 Å². The van der Waals surface area contributed by atoms with Gasteiger partial charge >= 0.3 is 8.69 Å². The molecule has 0 aliphatic heterocycles. The standard InChI is InChI=1S/C22H38FO2P/c1-18(2)11-7-5-9-13-20-15-16-22(25-26(23)24)21(17-20)14-10-6-8-12-19(3)4/h15-19,24H,5-14H2,1-4H3. The van der Waals surface area contributed by atoms with E-state index in [-0.39, 0.29) is 0 Å². The average molecular weight is 385 g/mol. The molecule has 26 heavy (non-hydrogen) atoms. The Bertz CT molecular complexity index is 489. The van der Waals surface area contributed by atoms with Crippen LogP contribution >= 0.6 is 8.69 Å². The maximum absolute atomic E-state index is 13.0. The molecule has 0 aliphatic carbocycles. The lowest BCUT2D eigenvalue weighted by Crippen LogP contribution is -1.96. The molecule has 0 saturated heterocycles.